The molecule has 0 unspecified atom stereocenters. The summed E-state index contributed by atoms with van der Waals surface area (Å²) in [4.78, 5) is 11.8. The minimum atomic E-state index is -3.70. The standard InChI is InChI=1S/C14H14BrN3O3S/c15-11-2-1-3-12(8-11)18-14(19)17-9-10-4-6-13(7-5-10)22(16,20)21/h1-8H,9H2,(H2,16,20,21)(H2,17,18,19). The molecule has 4 N–H and O–H groups in total. The van der Waals surface area contributed by atoms with Crippen LogP contribution in [0.2, 0.25) is 0 Å². The third kappa shape index (κ3) is 4.83. The van der Waals surface area contributed by atoms with Gasteiger partial charge in [0, 0.05) is 16.7 Å². The molecule has 0 atom stereocenters. The van der Waals surface area contributed by atoms with Gasteiger partial charge in [0.15, 0.2) is 0 Å². The number of hydrogen-bond donors (Lipinski definition) is 3. The number of urea groups is 1. The maximum absolute atomic E-state index is 11.8. The Morgan fingerprint density at radius 3 is 2.41 bits per heavy atom. The number of rotatable bonds is 4. The average molecular weight is 384 g/mol. The Morgan fingerprint density at radius 1 is 1.14 bits per heavy atom. The van der Waals surface area contributed by atoms with E-state index in [1.54, 1.807) is 24.3 Å². The summed E-state index contributed by atoms with van der Waals surface area (Å²) in [6, 6.07) is 12.9. The fraction of sp³-hybridized carbons (Fsp3) is 0.0714. The smallest absolute Gasteiger partial charge is 0.319 e. The van der Waals surface area contributed by atoms with Gasteiger partial charge in [0.2, 0.25) is 10.0 Å². The fourth-order valence-electron chi connectivity index (χ4n) is 1.72. The van der Waals surface area contributed by atoms with E-state index in [0.29, 0.717) is 5.69 Å². The van der Waals surface area contributed by atoms with Crippen LogP contribution in [-0.2, 0) is 16.6 Å². The first-order valence-electron chi connectivity index (χ1n) is 6.27. The second-order valence-corrected chi connectivity index (χ2v) is 6.98. The molecule has 0 heterocycles. The molecule has 0 aliphatic rings. The van der Waals surface area contributed by atoms with Crippen LogP contribution in [0.4, 0.5) is 10.5 Å². The maximum atomic E-state index is 11.8. The molecule has 2 aromatic carbocycles. The van der Waals surface area contributed by atoms with E-state index in [1.165, 1.54) is 12.1 Å². The summed E-state index contributed by atoms with van der Waals surface area (Å²) < 4.78 is 23.1. The Balaban J connectivity index is 1.91. The molecule has 8 heteroatoms. The highest BCUT2D eigenvalue weighted by atomic mass is 79.9. The molecule has 0 saturated heterocycles. The van der Waals surface area contributed by atoms with Gasteiger partial charge in [-0.15, -0.1) is 0 Å². The number of amides is 2. The number of nitrogens with two attached hydrogens (primary N) is 1. The van der Waals surface area contributed by atoms with Crippen molar-refractivity contribution in [2.75, 3.05) is 5.32 Å². The largest absolute Gasteiger partial charge is 0.334 e. The lowest BCUT2D eigenvalue weighted by Crippen LogP contribution is -2.28. The van der Waals surface area contributed by atoms with Crippen molar-refractivity contribution in [2.24, 2.45) is 5.14 Å². The Kier molecular flexibility index (Phi) is 5.17. The van der Waals surface area contributed by atoms with Crippen LogP contribution in [0.15, 0.2) is 57.9 Å². The molecule has 0 aromatic heterocycles. The van der Waals surface area contributed by atoms with Crippen molar-refractivity contribution in [1.82, 2.24) is 5.32 Å². The number of anilines is 1. The Morgan fingerprint density at radius 2 is 1.82 bits per heavy atom. The number of primary sulfonamides is 1. The monoisotopic (exact) mass is 383 g/mol. The van der Waals surface area contributed by atoms with Crippen molar-refractivity contribution in [3.63, 3.8) is 0 Å². The number of carbonyl (C=O) groups is 1. The van der Waals surface area contributed by atoms with E-state index in [0.717, 1.165) is 10.0 Å². The van der Waals surface area contributed by atoms with Crippen LogP contribution in [0.3, 0.4) is 0 Å². The van der Waals surface area contributed by atoms with Gasteiger partial charge in [0.1, 0.15) is 0 Å². The summed E-state index contributed by atoms with van der Waals surface area (Å²) in [5, 5.41) is 10.4. The molecule has 0 bridgehead atoms. The van der Waals surface area contributed by atoms with Crippen molar-refractivity contribution in [3.05, 3.63) is 58.6 Å². The van der Waals surface area contributed by atoms with Gasteiger partial charge in [-0.3, -0.25) is 0 Å². The zero-order chi connectivity index (χ0) is 16.2. The van der Waals surface area contributed by atoms with E-state index in [2.05, 4.69) is 26.6 Å². The summed E-state index contributed by atoms with van der Waals surface area (Å²) in [6.07, 6.45) is 0. The molecule has 0 saturated carbocycles. The lowest BCUT2D eigenvalue weighted by atomic mass is 10.2. The molecular weight excluding hydrogens is 370 g/mol. The summed E-state index contributed by atoms with van der Waals surface area (Å²) >= 11 is 3.32. The zero-order valence-electron chi connectivity index (χ0n) is 11.4. The van der Waals surface area contributed by atoms with Gasteiger partial charge >= 0.3 is 6.03 Å². The SMILES string of the molecule is NS(=O)(=O)c1ccc(CNC(=O)Nc2cccc(Br)c2)cc1. The number of carbonyl (C=O) groups excluding carboxylic acids is 1. The second kappa shape index (κ2) is 6.91. The third-order valence-corrected chi connectivity index (χ3v) is 4.21. The van der Waals surface area contributed by atoms with Crippen molar-refractivity contribution in [1.29, 1.82) is 0 Å². The first-order valence-corrected chi connectivity index (χ1v) is 8.61. The van der Waals surface area contributed by atoms with Crippen LogP contribution in [0, 0.1) is 0 Å². The van der Waals surface area contributed by atoms with Crippen molar-refractivity contribution in [3.8, 4) is 0 Å². The molecular formula is C14H14BrN3O3S. The van der Waals surface area contributed by atoms with Gasteiger partial charge in [-0.05, 0) is 35.9 Å². The van der Waals surface area contributed by atoms with Gasteiger partial charge in [-0.1, -0.05) is 34.1 Å². The van der Waals surface area contributed by atoms with Gasteiger partial charge in [-0.25, -0.2) is 18.4 Å². The van der Waals surface area contributed by atoms with Gasteiger partial charge < -0.3 is 10.6 Å². The lowest BCUT2D eigenvalue weighted by molar-refractivity contribution is 0.251. The van der Waals surface area contributed by atoms with E-state index in [4.69, 9.17) is 5.14 Å². The average Bonchev–Trinajstić information content (AvgIpc) is 2.45. The summed E-state index contributed by atoms with van der Waals surface area (Å²) in [5.74, 6) is 0. The first-order chi connectivity index (χ1) is 10.3. The molecule has 0 spiro atoms. The molecule has 0 fully saturated rings. The van der Waals surface area contributed by atoms with E-state index in [9.17, 15) is 13.2 Å². The Labute approximate surface area is 136 Å². The maximum Gasteiger partial charge on any atom is 0.319 e. The molecule has 0 radical (unpaired) electrons. The van der Waals surface area contributed by atoms with E-state index < -0.39 is 10.0 Å². The molecule has 6 nitrogen and oxygen atoms in total. The van der Waals surface area contributed by atoms with Crippen LogP contribution in [0.5, 0.6) is 0 Å². The number of benzene rings is 2. The van der Waals surface area contributed by atoms with Crippen molar-refractivity contribution < 1.29 is 13.2 Å². The number of nitrogens with one attached hydrogen (secondary N) is 2. The molecule has 22 heavy (non-hydrogen) atoms. The van der Waals surface area contributed by atoms with Crippen LogP contribution in [0.25, 0.3) is 0 Å². The van der Waals surface area contributed by atoms with Crippen LogP contribution >= 0.6 is 15.9 Å². The minimum absolute atomic E-state index is 0.0369. The minimum Gasteiger partial charge on any atom is -0.334 e. The molecule has 116 valence electrons. The second-order valence-electron chi connectivity index (χ2n) is 4.51. The predicted octanol–water partition coefficient (Wildman–Crippen LogP) is 2.42. The van der Waals surface area contributed by atoms with Gasteiger partial charge in [0.25, 0.3) is 0 Å². The first kappa shape index (κ1) is 16.5. The number of halogens is 1. The lowest BCUT2D eigenvalue weighted by Gasteiger charge is -2.08. The summed E-state index contributed by atoms with van der Waals surface area (Å²) in [5.41, 5.74) is 1.42. The number of hydrogen-bond acceptors (Lipinski definition) is 3. The van der Waals surface area contributed by atoms with Crippen LogP contribution in [0.1, 0.15) is 5.56 Å². The Hall–Kier alpha value is -1.90. The van der Waals surface area contributed by atoms with E-state index in [1.807, 2.05) is 12.1 Å². The molecule has 2 rings (SSSR count). The zero-order valence-corrected chi connectivity index (χ0v) is 13.8. The van der Waals surface area contributed by atoms with Crippen molar-refractivity contribution >= 4 is 37.7 Å². The summed E-state index contributed by atoms with van der Waals surface area (Å²) in [7, 11) is -3.70. The van der Waals surface area contributed by atoms with E-state index in [-0.39, 0.29) is 17.5 Å². The highest BCUT2D eigenvalue weighted by Gasteiger charge is 2.07. The van der Waals surface area contributed by atoms with Crippen molar-refractivity contribution in [2.45, 2.75) is 11.4 Å². The molecule has 0 aliphatic carbocycles. The van der Waals surface area contributed by atoms with Gasteiger partial charge in [-0.2, -0.15) is 0 Å². The molecule has 2 amide bonds. The molecule has 0 aliphatic heterocycles. The van der Waals surface area contributed by atoms with E-state index >= 15 is 0 Å². The highest BCUT2D eigenvalue weighted by Crippen LogP contribution is 2.15. The Bertz CT molecular complexity index is 776. The quantitative estimate of drug-likeness (QED) is 0.755. The van der Waals surface area contributed by atoms with Crippen LogP contribution in [-0.4, -0.2) is 14.4 Å². The third-order valence-electron chi connectivity index (χ3n) is 2.79. The topological polar surface area (TPSA) is 101 Å². The summed E-state index contributed by atoms with van der Waals surface area (Å²) in [6.45, 7) is 0.269. The fourth-order valence-corrected chi connectivity index (χ4v) is 2.64. The molecule has 2 aromatic rings. The van der Waals surface area contributed by atoms with Gasteiger partial charge in [0.05, 0.1) is 4.90 Å². The number of sulfonamides is 1. The normalized spacial score (nSPS) is 11.0. The van der Waals surface area contributed by atoms with Crippen LogP contribution < -0.4 is 15.8 Å². The predicted molar refractivity (Wildman–Crippen MR) is 87.8 cm³/mol. The highest BCUT2D eigenvalue weighted by molar-refractivity contribution is 9.10.